The summed E-state index contributed by atoms with van der Waals surface area (Å²) in [6.45, 7) is 5.02. The number of alkyl halides is 3. The molecule has 3 aliphatic rings. The molecule has 2 fully saturated rings. The van der Waals surface area contributed by atoms with Crippen molar-refractivity contribution in [2.45, 2.75) is 57.1 Å². The standard InChI is InChI=1S/C32H34Cl2N8O3.C3H3F3O2/c33-22-8-9-28(42-17-30(34)37-38-42)25(14-22)26-15-31(43)41(20-36-26)27-7-2-1-3-10-35-32(44)29-16-39(24-18-45-19-24)11-12-40(29)23-6-4-5-21(27)13-23;1-2(7)8-3(4,5)6/h4-6,8-9,13-15,17,20,24,27,29H,1-3,7,10-12,16,18-19H2,(H,35,44);1H3/t27-,29+;/m0./s1. The highest BCUT2D eigenvalue weighted by Crippen LogP contribution is 2.32. The lowest BCUT2D eigenvalue weighted by molar-refractivity contribution is -0.304. The van der Waals surface area contributed by atoms with Gasteiger partial charge in [-0.1, -0.05) is 53.4 Å². The van der Waals surface area contributed by atoms with Gasteiger partial charge in [-0.2, -0.15) is 0 Å². The lowest BCUT2D eigenvalue weighted by atomic mass is 9.98. The molecule has 0 radical (unpaired) electrons. The summed E-state index contributed by atoms with van der Waals surface area (Å²) in [5, 5.41) is 11.9. The molecule has 2 aromatic heterocycles. The van der Waals surface area contributed by atoms with Gasteiger partial charge in [0.25, 0.3) is 5.56 Å². The molecule has 5 heterocycles. The van der Waals surface area contributed by atoms with Gasteiger partial charge in [0.2, 0.25) is 5.91 Å². The number of amides is 1. The van der Waals surface area contributed by atoms with Crippen LogP contribution in [-0.2, 0) is 19.1 Å². The molecule has 4 aromatic rings. The summed E-state index contributed by atoms with van der Waals surface area (Å²) in [5.41, 5.74) is 3.59. The average Bonchev–Trinajstić information content (AvgIpc) is 3.52. The van der Waals surface area contributed by atoms with Crippen LogP contribution in [0.25, 0.3) is 16.9 Å². The summed E-state index contributed by atoms with van der Waals surface area (Å²) in [6, 6.07) is 15.0. The number of benzene rings is 2. The number of nitrogens with one attached hydrogen (secondary N) is 1. The maximum atomic E-state index is 13.8. The zero-order chi connectivity index (χ0) is 37.7. The normalized spacial score (nSPS) is 20.0. The monoisotopic (exact) mass is 776 g/mol. The number of carbonyl (C=O) groups excluding carboxylic acids is 2. The van der Waals surface area contributed by atoms with Gasteiger partial charge in [-0.15, -0.1) is 18.3 Å². The third kappa shape index (κ3) is 9.54. The minimum Gasteiger partial charge on any atom is -0.378 e. The molecule has 2 atom stereocenters. The largest absolute Gasteiger partial charge is 0.575 e. The lowest BCUT2D eigenvalue weighted by Gasteiger charge is -2.46. The van der Waals surface area contributed by atoms with E-state index in [-0.39, 0.29) is 28.7 Å². The molecule has 53 heavy (non-hydrogen) atoms. The van der Waals surface area contributed by atoms with Crippen LogP contribution in [0.15, 0.2) is 65.8 Å². The Morgan fingerprint density at radius 1 is 1.02 bits per heavy atom. The number of ether oxygens (including phenoxy) is 2. The van der Waals surface area contributed by atoms with Crippen LogP contribution >= 0.6 is 23.2 Å². The molecule has 7 rings (SSSR count). The van der Waals surface area contributed by atoms with Gasteiger partial charge in [-0.25, -0.2) is 9.67 Å². The van der Waals surface area contributed by atoms with Crippen LogP contribution in [0.3, 0.4) is 0 Å². The van der Waals surface area contributed by atoms with Gasteiger partial charge in [-0.05, 0) is 48.7 Å². The molecular weight excluding hydrogens is 740 g/mol. The number of fused-ring (bicyclic) bond motifs is 4. The molecular formula is C35H37Cl2F3N8O5. The predicted octanol–water partition coefficient (Wildman–Crippen LogP) is 5.04. The Kier molecular flexibility index (Phi) is 12.0. The first-order valence-electron chi connectivity index (χ1n) is 17.0. The summed E-state index contributed by atoms with van der Waals surface area (Å²) in [6.07, 6.45) is 1.85. The fourth-order valence-electron chi connectivity index (χ4n) is 6.68. The molecule has 0 spiro atoms. The van der Waals surface area contributed by atoms with Gasteiger partial charge in [-0.3, -0.25) is 23.9 Å². The molecule has 0 saturated carbocycles. The van der Waals surface area contributed by atoms with E-state index < -0.39 is 12.3 Å². The van der Waals surface area contributed by atoms with Crippen LogP contribution in [0.4, 0.5) is 18.9 Å². The van der Waals surface area contributed by atoms with Crippen LogP contribution in [0.5, 0.6) is 0 Å². The number of anilines is 1. The molecule has 0 aliphatic carbocycles. The van der Waals surface area contributed by atoms with Gasteiger partial charge in [0.05, 0.1) is 49.2 Å². The van der Waals surface area contributed by atoms with Crippen LogP contribution in [-0.4, -0.2) is 99.2 Å². The number of piperazine rings is 1. The van der Waals surface area contributed by atoms with Crippen molar-refractivity contribution in [3.63, 3.8) is 0 Å². The van der Waals surface area contributed by atoms with Crippen molar-refractivity contribution in [3.8, 4) is 16.9 Å². The summed E-state index contributed by atoms with van der Waals surface area (Å²) in [4.78, 5) is 46.1. The van der Waals surface area contributed by atoms with Crippen molar-refractivity contribution in [1.82, 2.24) is 34.8 Å². The summed E-state index contributed by atoms with van der Waals surface area (Å²) < 4.78 is 44.1. The molecule has 2 aromatic carbocycles. The second-order valence-corrected chi connectivity index (χ2v) is 13.7. The zero-order valence-electron chi connectivity index (χ0n) is 28.6. The van der Waals surface area contributed by atoms with Gasteiger partial charge < -0.3 is 19.7 Å². The van der Waals surface area contributed by atoms with Gasteiger partial charge >= 0.3 is 12.3 Å². The first-order chi connectivity index (χ1) is 25.4. The molecule has 18 heteroatoms. The topological polar surface area (TPSA) is 137 Å². The van der Waals surface area contributed by atoms with Gasteiger partial charge in [0, 0.05) is 55.4 Å². The maximum absolute atomic E-state index is 13.8. The Morgan fingerprint density at radius 2 is 1.83 bits per heavy atom. The van der Waals surface area contributed by atoms with Crippen molar-refractivity contribution in [1.29, 1.82) is 0 Å². The van der Waals surface area contributed by atoms with E-state index in [2.05, 4.69) is 48.4 Å². The molecule has 1 N–H and O–H groups in total. The van der Waals surface area contributed by atoms with E-state index in [0.29, 0.717) is 48.0 Å². The second-order valence-electron chi connectivity index (χ2n) is 12.9. The van der Waals surface area contributed by atoms with Crippen LogP contribution < -0.4 is 15.8 Å². The van der Waals surface area contributed by atoms with E-state index in [9.17, 15) is 27.6 Å². The number of halogens is 5. The molecule has 0 unspecified atom stereocenters. The quantitative estimate of drug-likeness (QED) is 0.281. The number of hydrogen-bond acceptors (Lipinski definition) is 10. The highest BCUT2D eigenvalue weighted by atomic mass is 35.5. The van der Waals surface area contributed by atoms with E-state index in [1.807, 2.05) is 6.07 Å². The number of esters is 1. The first-order valence-corrected chi connectivity index (χ1v) is 17.8. The highest BCUT2D eigenvalue weighted by molar-refractivity contribution is 6.31. The van der Waals surface area contributed by atoms with Crippen LogP contribution in [0.2, 0.25) is 10.2 Å². The van der Waals surface area contributed by atoms with Crippen LogP contribution in [0, 0.1) is 0 Å². The second kappa shape index (κ2) is 16.7. The Balaban J connectivity index is 0.000000541. The third-order valence-electron chi connectivity index (χ3n) is 9.27. The minimum atomic E-state index is -4.83. The van der Waals surface area contributed by atoms with Crippen molar-refractivity contribution in [2.75, 3.05) is 44.3 Å². The Morgan fingerprint density at radius 3 is 2.49 bits per heavy atom. The zero-order valence-corrected chi connectivity index (χ0v) is 30.2. The predicted molar refractivity (Wildman–Crippen MR) is 190 cm³/mol. The summed E-state index contributed by atoms with van der Waals surface area (Å²) in [5.74, 6) is -1.29. The minimum absolute atomic E-state index is 0.0608. The number of hydrogen-bond donors (Lipinski definition) is 1. The van der Waals surface area contributed by atoms with Gasteiger partial charge in [0.1, 0.15) is 6.04 Å². The Hall–Kier alpha value is -4.51. The van der Waals surface area contributed by atoms with Crippen LogP contribution in [0.1, 0.15) is 44.2 Å². The van der Waals surface area contributed by atoms with E-state index >= 15 is 0 Å². The fraction of sp³-hybridized carbons (Fsp3) is 0.429. The molecule has 13 nitrogen and oxygen atoms in total. The first kappa shape index (κ1) is 38.2. The maximum Gasteiger partial charge on any atom is 0.575 e. The SMILES string of the molecule is CC(=O)OC(F)(F)F.O=C1NCCCCC[C@H](n2cnc(-c3cc(Cl)ccc3-n3cc(Cl)nn3)cc2=O)c2cccc(c2)N2CCN(C3COC3)C[C@H]12. The molecule has 282 valence electrons. The number of rotatable bonds is 4. The third-order valence-corrected chi connectivity index (χ3v) is 9.68. The number of aromatic nitrogens is 5. The van der Waals surface area contributed by atoms with Crippen molar-refractivity contribution >= 4 is 40.8 Å². The molecule has 1 amide bonds. The van der Waals surface area contributed by atoms with Crippen molar-refractivity contribution in [2.24, 2.45) is 0 Å². The molecule has 2 saturated heterocycles. The van der Waals surface area contributed by atoms with E-state index in [0.717, 1.165) is 63.2 Å². The fourth-order valence-corrected chi connectivity index (χ4v) is 6.98. The Labute approximate surface area is 312 Å². The average molecular weight is 778 g/mol. The van der Waals surface area contributed by atoms with E-state index in [1.54, 1.807) is 41.4 Å². The van der Waals surface area contributed by atoms with E-state index in [4.69, 9.17) is 32.9 Å². The Bertz CT molecular complexity index is 1990. The molecule has 2 bridgehead atoms. The van der Waals surface area contributed by atoms with Crippen molar-refractivity contribution in [3.05, 3.63) is 87.1 Å². The van der Waals surface area contributed by atoms with Gasteiger partial charge in [0.15, 0.2) is 5.15 Å². The van der Waals surface area contributed by atoms with E-state index in [1.165, 1.54) is 4.68 Å². The highest BCUT2D eigenvalue weighted by Gasteiger charge is 2.37. The summed E-state index contributed by atoms with van der Waals surface area (Å²) in [7, 11) is 0. The van der Waals surface area contributed by atoms with Crippen molar-refractivity contribution < 1.29 is 32.2 Å². The molecule has 3 aliphatic heterocycles. The lowest BCUT2D eigenvalue weighted by Crippen LogP contribution is -2.64. The number of nitrogens with zero attached hydrogens (tertiary/aromatic N) is 7. The number of carbonyl (C=O) groups is 2. The smallest absolute Gasteiger partial charge is 0.378 e. The summed E-state index contributed by atoms with van der Waals surface area (Å²) >= 11 is 12.4.